The molecule has 0 aromatic heterocycles. The maximum atomic E-state index is 11.6. The van der Waals surface area contributed by atoms with E-state index in [-0.39, 0.29) is 17.9 Å². The maximum Gasteiger partial charge on any atom is 0.231 e. The Kier molecular flexibility index (Phi) is 2.27. The minimum Gasteiger partial charge on any atom is -0.325 e. The highest BCUT2D eigenvalue weighted by Gasteiger charge is 2.29. The molecule has 2 unspecified atom stereocenters. The van der Waals surface area contributed by atoms with Crippen molar-refractivity contribution in [2.45, 2.75) is 32.7 Å². The van der Waals surface area contributed by atoms with E-state index in [1.807, 2.05) is 26.8 Å². The third-order valence-electron chi connectivity index (χ3n) is 2.94. The van der Waals surface area contributed by atoms with Crippen molar-refractivity contribution in [2.24, 2.45) is 5.73 Å². The number of hydrogen-bond donors (Lipinski definition) is 2. The van der Waals surface area contributed by atoms with E-state index >= 15 is 0 Å². The Morgan fingerprint density at radius 1 is 1.47 bits per heavy atom. The lowest BCUT2D eigenvalue weighted by atomic mass is 9.95. The van der Waals surface area contributed by atoms with Crippen LogP contribution in [0, 0.1) is 6.92 Å². The zero-order valence-electron chi connectivity index (χ0n) is 9.29. The van der Waals surface area contributed by atoms with Gasteiger partial charge in [-0.05, 0) is 31.9 Å². The Morgan fingerprint density at radius 2 is 2.13 bits per heavy atom. The minimum atomic E-state index is -0.0580. The van der Waals surface area contributed by atoms with Gasteiger partial charge in [-0.15, -0.1) is 0 Å². The highest BCUT2D eigenvalue weighted by molar-refractivity contribution is 6.03. The molecule has 1 aliphatic rings. The number of carbonyl (C=O) groups excluding carboxylic acids is 1. The average molecular weight is 204 g/mol. The van der Waals surface area contributed by atoms with Gasteiger partial charge in [0.15, 0.2) is 0 Å². The van der Waals surface area contributed by atoms with Crippen LogP contribution in [0.5, 0.6) is 0 Å². The first kappa shape index (κ1) is 10.2. The molecule has 0 aliphatic carbocycles. The zero-order chi connectivity index (χ0) is 11.2. The fourth-order valence-electron chi connectivity index (χ4n) is 2.06. The highest BCUT2D eigenvalue weighted by Crippen LogP contribution is 2.37. The summed E-state index contributed by atoms with van der Waals surface area (Å²) >= 11 is 0. The molecule has 15 heavy (non-hydrogen) atoms. The van der Waals surface area contributed by atoms with Gasteiger partial charge >= 0.3 is 0 Å². The van der Waals surface area contributed by atoms with Gasteiger partial charge in [0.1, 0.15) is 0 Å². The number of rotatable bonds is 1. The van der Waals surface area contributed by atoms with E-state index in [1.165, 1.54) is 0 Å². The van der Waals surface area contributed by atoms with Crippen LogP contribution in [0.2, 0.25) is 0 Å². The Labute approximate surface area is 89.7 Å². The fourth-order valence-corrected chi connectivity index (χ4v) is 2.06. The van der Waals surface area contributed by atoms with Crippen molar-refractivity contribution in [3.05, 3.63) is 28.8 Å². The number of amides is 1. The monoisotopic (exact) mass is 204 g/mol. The van der Waals surface area contributed by atoms with E-state index in [9.17, 15) is 4.79 Å². The van der Waals surface area contributed by atoms with Gasteiger partial charge in [0.25, 0.3) is 0 Å². The van der Waals surface area contributed by atoms with E-state index in [2.05, 4.69) is 11.4 Å². The molecule has 3 N–H and O–H groups in total. The van der Waals surface area contributed by atoms with Gasteiger partial charge in [-0.1, -0.05) is 17.7 Å². The third-order valence-corrected chi connectivity index (χ3v) is 2.94. The second-order valence-electron chi connectivity index (χ2n) is 4.32. The summed E-state index contributed by atoms with van der Waals surface area (Å²) in [7, 11) is 0. The van der Waals surface area contributed by atoms with E-state index in [0.717, 1.165) is 22.4 Å². The summed E-state index contributed by atoms with van der Waals surface area (Å²) in [5.41, 5.74) is 10.1. The first-order valence-electron chi connectivity index (χ1n) is 5.21. The lowest BCUT2D eigenvalue weighted by Gasteiger charge is -2.13. The zero-order valence-corrected chi connectivity index (χ0v) is 9.29. The van der Waals surface area contributed by atoms with Crippen LogP contribution in [0.1, 0.15) is 42.5 Å². The van der Waals surface area contributed by atoms with Crippen LogP contribution >= 0.6 is 0 Å². The molecular weight excluding hydrogens is 188 g/mol. The van der Waals surface area contributed by atoms with E-state index in [1.54, 1.807) is 0 Å². The minimum absolute atomic E-state index is 0.0516. The van der Waals surface area contributed by atoms with Crippen LogP contribution in [0.25, 0.3) is 0 Å². The van der Waals surface area contributed by atoms with Crippen molar-refractivity contribution in [3.8, 4) is 0 Å². The number of nitrogens with two attached hydrogens (primary N) is 1. The second-order valence-corrected chi connectivity index (χ2v) is 4.32. The molecule has 3 heteroatoms. The summed E-state index contributed by atoms with van der Waals surface area (Å²) in [4.78, 5) is 11.6. The normalized spacial score (nSPS) is 21.1. The number of aryl methyl sites for hydroxylation is 1. The number of benzene rings is 1. The van der Waals surface area contributed by atoms with Crippen LogP contribution in [0.4, 0.5) is 5.69 Å². The molecule has 2 atom stereocenters. The summed E-state index contributed by atoms with van der Waals surface area (Å²) in [6, 6.07) is 4.05. The van der Waals surface area contributed by atoms with E-state index in [4.69, 9.17) is 5.73 Å². The van der Waals surface area contributed by atoms with E-state index in [0.29, 0.717) is 0 Å². The molecule has 0 radical (unpaired) electrons. The van der Waals surface area contributed by atoms with Crippen LogP contribution in [0.15, 0.2) is 12.1 Å². The van der Waals surface area contributed by atoms with Gasteiger partial charge in [0.2, 0.25) is 5.91 Å². The van der Waals surface area contributed by atoms with Crippen molar-refractivity contribution in [3.63, 3.8) is 0 Å². The predicted octanol–water partition coefficient (Wildman–Crippen LogP) is 2.07. The molecule has 0 saturated heterocycles. The van der Waals surface area contributed by atoms with Gasteiger partial charge in [0, 0.05) is 11.7 Å². The van der Waals surface area contributed by atoms with Crippen LogP contribution in [-0.2, 0) is 4.79 Å². The highest BCUT2D eigenvalue weighted by atomic mass is 16.2. The topological polar surface area (TPSA) is 55.1 Å². The molecule has 1 aromatic carbocycles. The SMILES string of the molecule is Cc1cc(C(C)N)c2c(c1)C(C)C(=O)N2. The molecule has 0 fully saturated rings. The van der Waals surface area contributed by atoms with Crippen molar-refractivity contribution >= 4 is 11.6 Å². The molecule has 0 bridgehead atoms. The number of anilines is 1. The summed E-state index contributed by atoms with van der Waals surface area (Å²) < 4.78 is 0. The summed E-state index contributed by atoms with van der Waals surface area (Å²) in [5, 5.41) is 2.91. The van der Waals surface area contributed by atoms with Crippen molar-refractivity contribution in [2.75, 3.05) is 5.32 Å². The van der Waals surface area contributed by atoms with Gasteiger partial charge in [-0.2, -0.15) is 0 Å². The maximum absolute atomic E-state index is 11.6. The molecule has 1 aromatic rings. The first-order valence-corrected chi connectivity index (χ1v) is 5.21. The number of carbonyl (C=O) groups is 1. The molecule has 0 spiro atoms. The van der Waals surface area contributed by atoms with Gasteiger partial charge in [-0.25, -0.2) is 0 Å². The number of fused-ring (bicyclic) bond motifs is 1. The standard InChI is InChI=1S/C12H16N2O/c1-6-4-9-7(2)12(15)14-11(9)10(5-6)8(3)13/h4-5,7-8H,13H2,1-3H3,(H,14,15). The molecule has 80 valence electrons. The van der Waals surface area contributed by atoms with E-state index < -0.39 is 0 Å². The summed E-state index contributed by atoms with van der Waals surface area (Å²) in [6.45, 7) is 5.89. The molecule has 0 saturated carbocycles. The lowest BCUT2D eigenvalue weighted by molar-refractivity contribution is -0.116. The molecule has 1 aliphatic heterocycles. The quantitative estimate of drug-likeness (QED) is 0.735. The second kappa shape index (κ2) is 3.35. The van der Waals surface area contributed by atoms with Gasteiger partial charge in [-0.3, -0.25) is 4.79 Å². The van der Waals surface area contributed by atoms with Crippen molar-refractivity contribution in [1.82, 2.24) is 0 Å². The Bertz CT molecular complexity index is 424. The van der Waals surface area contributed by atoms with Crippen LogP contribution in [-0.4, -0.2) is 5.91 Å². The fraction of sp³-hybridized carbons (Fsp3) is 0.417. The van der Waals surface area contributed by atoms with Crippen LogP contribution < -0.4 is 11.1 Å². The summed E-state index contributed by atoms with van der Waals surface area (Å²) in [5.74, 6) is 0.00917. The third kappa shape index (κ3) is 1.53. The molecular formula is C12H16N2O. The molecule has 3 nitrogen and oxygen atoms in total. The largest absolute Gasteiger partial charge is 0.325 e. The Balaban J connectivity index is 2.62. The Hall–Kier alpha value is -1.35. The average Bonchev–Trinajstić information content (AvgIpc) is 2.43. The molecule has 2 rings (SSSR count). The van der Waals surface area contributed by atoms with Gasteiger partial charge in [0.05, 0.1) is 5.92 Å². The number of nitrogens with one attached hydrogen (secondary N) is 1. The van der Waals surface area contributed by atoms with Crippen molar-refractivity contribution < 1.29 is 4.79 Å². The number of hydrogen-bond acceptors (Lipinski definition) is 2. The lowest BCUT2D eigenvalue weighted by Crippen LogP contribution is -2.11. The summed E-state index contributed by atoms with van der Waals surface area (Å²) in [6.07, 6.45) is 0. The smallest absolute Gasteiger partial charge is 0.231 e. The van der Waals surface area contributed by atoms with Gasteiger partial charge < -0.3 is 11.1 Å². The first-order chi connectivity index (χ1) is 7.00. The Morgan fingerprint density at radius 3 is 2.73 bits per heavy atom. The van der Waals surface area contributed by atoms with Crippen LogP contribution in [0.3, 0.4) is 0 Å². The molecule has 1 heterocycles. The molecule has 1 amide bonds. The van der Waals surface area contributed by atoms with Crippen molar-refractivity contribution in [1.29, 1.82) is 0 Å². The predicted molar refractivity (Wildman–Crippen MR) is 60.8 cm³/mol.